The number of fused-ring (bicyclic) bond motifs is 1. The molecule has 4 aromatic rings. The number of hydrogen-bond donors (Lipinski definition) is 4. The van der Waals surface area contributed by atoms with Crippen molar-refractivity contribution in [2.45, 2.75) is 12.8 Å². The fourth-order valence-corrected chi connectivity index (χ4v) is 3.22. The molecule has 5 N–H and O–H groups in total. The maximum absolute atomic E-state index is 13.0. The third-order valence-corrected chi connectivity index (χ3v) is 4.78. The van der Waals surface area contributed by atoms with Crippen LogP contribution in [0.3, 0.4) is 0 Å². The highest BCUT2D eigenvalue weighted by molar-refractivity contribution is 6.18. The number of nitrogens with zero attached hydrogens (tertiary/aromatic N) is 2. The number of carbonyl (C=O) groups excluding carboxylic acids is 3. The van der Waals surface area contributed by atoms with E-state index in [2.05, 4.69) is 25.6 Å². The van der Waals surface area contributed by atoms with Crippen LogP contribution < -0.4 is 16.4 Å². The lowest BCUT2D eigenvalue weighted by molar-refractivity contribution is -0.122. The summed E-state index contributed by atoms with van der Waals surface area (Å²) in [5.41, 5.74) is 7.93. The van der Waals surface area contributed by atoms with Gasteiger partial charge in [0.05, 0.1) is 10.9 Å². The maximum atomic E-state index is 13.0. The van der Waals surface area contributed by atoms with E-state index in [9.17, 15) is 14.4 Å². The Kier molecular flexibility index (Phi) is 5.89. The molecule has 0 fully saturated rings. The van der Waals surface area contributed by atoms with Gasteiger partial charge in [0, 0.05) is 36.0 Å². The van der Waals surface area contributed by atoms with Crippen molar-refractivity contribution in [1.82, 2.24) is 15.0 Å². The monoisotopic (exact) mass is 428 g/mol. The van der Waals surface area contributed by atoms with Crippen LogP contribution in [0.5, 0.6) is 0 Å². The quantitative estimate of drug-likeness (QED) is 0.318. The molecule has 0 saturated carbocycles. The molecule has 2 amide bonds. The second-order valence-corrected chi connectivity index (χ2v) is 7.06. The Morgan fingerprint density at radius 3 is 2.34 bits per heavy atom. The highest BCUT2D eigenvalue weighted by Gasteiger charge is 2.18. The highest BCUT2D eigenvalue weighted by atomic mass is 16.2. The van der Waals surface area contributed by atoms with E-state index < -0.39 is 5.91 Å². The molecule has 2 heterocycles. The van der Waals surface area contributed by atoms with Gasteiger partial charge in [-0.2, -0.15) is 0 Å². The Balaban J connectivity index is 1.54. The molecule has 0 bridgehead atoms. The van der Waals surface area contributed by atoms with Crippen LogP contribution >= 0.6 is 0 Å². The van der Waals surface area contributed by atoms with E-state index in [1.54, 1.807) is 42.6 Å². The fourth-order valence-electron chi connectivity index (χ4n) is 3.22. The maximum Gasteiger partial charge on any atom is 0.224 e. The van der Waals surface area contributed by atoms with Gasteiger partial charge in [-0.3, -0.25) is 14.4 Å². The number of primary amides is 1. The van der Waals surface area contributed by atoms with Crippen LogP contribution in [0.25, 0.3) is 11.0 Å². The molecule has 9 heteroatoms. The molecule has 9 nitrogen and oxygen atoms in total. The Labute approximate surface area is 183 Å². The van der Waals surface area contributed by atoms with E-state index in [-0.39, 0.29) is 24.5 Å². The molecule has 0 aliphatic heterocycles. The van der Waals surface area contributed by atoms with Gasteiger partial charge in [0.2, 0.25) is 11.8 Å². The number of rotatable bonds is 8. The summed E-state index contributed by atoms with van der Waals surface area (Å²) in [6, 6.07) is 16.0. The van der Waals surface area contributed by atoms with Crippen LogP contribution in [0.2, 0.25) is 0 Å². The molecule has 160 valence electrons. The number of hydrogen-bond acceptors (Lipinski definition) is 6. The van der Waals surface area contributed by atoms with Crippen molar-refractivity contribution in [3.05, 3.63) is 78.2 Å². The largest absolute Gasteiger partial charge is 0.370 e. The van der Waals surface area contributed by atoms with Gasteiger partial charge in [0.1, 0.15) is 17.8 Å². The molecule has 0 radical (unpaired) electrons. The SMILES string of the molecule is NC(=O)CCC(=O)Nc1ccc(Nc2ncnc3[nH]cc(C(=O)c4ccccc4)c23)cc1. The van der Waals surface area contributed by atoms with E-state index in [0.29, 0.717) is 39.4 Å². The Hall–Kier alpha value is -4.53. The summed E-state index contributed by atoms with van der Waals surface area (Å²) in [4.78, 5) is 47.2. The van der Waals surface area contributed by atoms with E-state index in [0.717, 1.165) is 0 Å². The van der Waals surface area contributed by atoms with Crippen LogP contribution in [0.1, 0.15) is 28.8 Å². The van der Waals surface area contributed by atoms with Gasteiger partial charge in [-0.05, 0) is 24.3 Å². The lowest BCUT2D eigenvalue weighted by Gasteiger charge is -2.09. The number of nitrogens with one attached hydrogen (secondary N) is 3. The molecule has 0 spiro atoms. The highest BCUT2D eigenvalue weighted by Crippen LogP contribution is 2.28. The van der Waals surface area contributed by atoms with Gasteiger partial charge >= 0.3 is 0 Å². The molecule has 0 aliphatic carbocycles. The zero-order valence-electron chi connectivity index (χ0n) is 17.0. The molecular weight excluding hydrogens is 408 g/mol. The summed E-state index contributed by atoms with van der Waals surface area (Å²) in [6.07, 6.45) is 3.06. The molecule has 0 unspecified atom stereocenters. The number of benzene rings is 2. The molecule has 2 aromatic heterocycles. The lowest BCUT2D eigenvalue weighted by atomic mass is 10.0. The standard InChI is InChI=1S/C23H20N6O3/c24-18(30)10-11-19(31)28-15-6-8-16(9-7-15)29-23-20-17(12-25-22(20)26-13-27-23)21(32)14-4-2-1-3-5-14/h1-9,12-13H,10-11H2,(H2,24,30)(H,28,31)(H2,25,26,27,29). The van der Waals surface area contributed by atoms with Gasteiger partial charge in [-0.1, -0.05) is 30.3 Å². The normalized spacial score (nSPS) is 10.6. The van der Waals surface area contributed by atoms with Crippen molar-refractivity contribution in [2.75, 3.05) is 10.6 Å². The summed E-state index contributed by atoms with van der Waals surface area (Å²) in [5.74, 6) is -0.471. The van der Waals surface area contributed by atoms with Crippen LogP contribution in [0.15, 0.2) is 67.1 Å². The first-order chi connectivity index (χ1) is 15.5. The fraction of sp³-hybridized carbons (Fsp3) is 0.0870. The smallest absolute Gasteiger partial charge is 0.224 e. The number of nitrogens with two attached hydrogens (primary N) is 1. The minimum absolute atomic E-state index is 0.00408. The van der Waals surface area contributed by atoms with E-state index in [1.165, 1.54) is 6.33 Å². The second-order valence-electron chi connectivity index (χ2n) is 7.06. The molecule has 32 heavy (non-hydrogen) atoms. The summed E-state index contributed by atoms with van der Waals surface area (Å²) in [6.45, 7) is 0. The van der Waals surface area contributed by atoms with Crippen LogP contribution in [0.4, 0.5) is 17.2 Å². The minimum Gasteiger partial charge on any atom is -0.370 e. The Bertz CT molecular complexity index is 1280. The second kappa shape index (κ2) is 9.09. The molecule has 0 atom stereocenters. The molecule has 2 aromatic carbocycles. The first kappa shape index (κ1) is 20.7. The number of H-pyrrole nitrogens is 1. The van der Waals surface area contributed by atoms with Gasteiger partial charge < -0.3 is 21.4 Å². The van der Waals surface area contributed by atoms with Gasteiger partial charge in [0.15, 0.2) is 5.78 Å². The average Bonchev–Trinajstić information content (AvgIpc) is 3.24. The molecular formula is C23H20N6O3. The minimum atomic E-state index is -0.522. The summed E-state index contributed by atoms with van der Waals surface area (Å²) >= 11 is 0. The number of carbonyl (C=O) groups is 3. The number of ketones is 1. The van der Waals surface area contributed by atoms with Crippen LogP contribution in [-0.4, -0.2) is 32.5 Å². The Morgan fingerprint density at radius 1 is 0.906 bits per heavy atom. The van der Waals surface area contributed by atoms with Gasteiger partial charge in [0.25, 0.3) is 0 Å². The van der Waals surface area contributed by atoms with E-state index in [1.807, 2.05) is 18.2 Å². The summed E-state index contributed by atoms with van der Waals surface area (Å²) < 4.78 is 0. The predicted octanol–water partition coefficient (Wildman–Crippen LogP) is 3.14. The topological polar surface area (TPSA) is 143 Å². The lowest BCUT2D eigenvalue weighted by Crippen LogP contribution is -2.17. The van der Waals surface area contributed by atoms with E-state index >= 15 is 0 Å². The predicted molar refractivity (Wildman–Crippen MR) is 121 cm³/mol. The van der Waals surface area contributed by atoms with Crippen molar-refractivity contribution in [3.8, 4) is 0 Å². The Morgan fingerprint density at radius 2 is 1.62 bits per heavy atom. The third kappa shape index (κ3) is 4.62. The van der Waals surface area contributed by atoms with Crippen molar-refractivity contribution < 1.29 is 14.4 Å². The summed E-state index contributed by atoms with van der Waals surface area (Å²) in [5, 5.41) is 6.50. The number of amides is 2. The molecule has 4 rings (SSSR count). The van der Waals surface area contributed by atoms with Crippen molar-refractivity contribution in [3.63, 3.8) is 0 Å². The van der Waals surface area contributed by atoms with Crippen LogP contribution in [0, 0.1) is 0 Å². The first-order valence-corrected chi connectivity index (χ1v) is 9.88. The summed E-state index contributed by atoms with van der Waals surface area (Å²) in [7, 11) is 0. The van der Waals surface area contributed by atoms with Crippen molar-refractivity contribution in [1.29, 1.82) is 0 Å². The van der Waals surface area contributed by atoms with Crippen LogP contribution in [-0.2, 0) is 9.59 Å². The van der Waals surface area contributed by atoms with E-state index in [4.69, 9.17) is 5.73 Å². The van der Waals surface area contributed by atoms with Gasteiger partial charge in [-0.25, -0.2) is 9.97 Å². The zero-order valence-corrected chi connectivity index (χ0v) is 17.0. The van der Waals surface area contributed by atoms with Gasteiger partial charge in [-0.15, -0.1) is 0 Å². The average molecular weight is 428 g/mol. The molecule has 0 aliphatic rings. The zero-order chi connectivity index (χ0) is 22.5. The van der Waals surface area contributed by atoms with Crippen molar-refractivity contribution in [2.24, 2.45) is 5.73 Å². The third-order valence-electron chi connectivity index (χ3n) is 4.78. The number of anilines is 3. The number of aromatic nitrogens is 3. The first-order valence-electron chi connectivity index (χ1n) is 9.88. The molecule has 0 saturated heterocycles. The van der Waals surface area contributed by atoms with Crippen molar-refractivity contribution >= 4 is 45.8 Å². The number of aromatic amines is 1.